The summed E-state index contributed by atoms with van der Waals surface area (Å²) in [6.45, 7) is 23.1. The van der Waals surface area contributed by atoms with E-state index in [1.807, 2.05) is 65.2 Å². The largest absolute Gasteiger partial charge is 0.418 e. The number of hydrogen-bond donors (Lipinski definition) is 0. The molecular formula is C54H26F3N7. The molecule has 8 aromatic carbocycles. The van der Waals surface area contributed by atoms with Crippen molar-refractivity contribution in [3.63, 3.8) is 0 Å². The molecule has 0 amide bonds. The molecular weight excluding hydrogens is 804 g/mol. The lowest BCUT2D eigenvalue weighted by molar-refractivity contribution is -0.137. The monoisotopic (exact) mass is 829 g/mol. The maximum absolute atomic E-state index is 16.0. The molecule has 0 unspecified atom stereocenters. The average Bonchev–Trinajstić information content (AvgIpc) is 3.84. The third kappa shape index (κ3) is 6.17. The summed E-state index contributed by atoms with van der Waals surface area (Å²) in [5.41, 5.74) is 6.74. The molecule has 0 bridgehead atoms. The van der Waals surface area contributed by atoms with Crippen molar-refractivity contribution in [2.45, 2.75) is 6.18 Å². The van der Waals surface area contributed by atoms with Gasteiger partial charge in [-0.3, -0.25) is 0 Å². The Morgan fingerprint density at radius 2 is 1.03 bits per heavy atom. The number of hydrogen-bond acceptors (Lipinski definition) is 2. The Hall–Kier alpha value is -9.40. The Kier molecular flexibility index (Phi) is 9.06. The van der Waals surface area contributed by atoms with E-state index in [-0.39, 0.29) is 11.4 Å². The van der Waals surface area contributed by atoms with Gasteiger partial charge >= 0.3 is 6.18 Å². The van der Waals surface area contributed by atoms with E-state index in [2.05, 4.69) is 26.7 Å². The van der Waals surface area contributed by atoms with Crippen molar-refractivity contribution in [3.8, 4) is 56.9 Å². The molecule has 10 aromatic rings. The van der Waals surface area contributed by atoms with E-state index < -0.39 is 11.7 Å². The van der Waals surface area contributed by atoms with Gasteiger partial charge in [-0.1, -0.05) is 91.0 Å². The zero-order chi connectivity index (χ0) is 44.3. The molecule has 0 spiro atoms. The van der Waals surface area contributed by atoms with Gasteiger partial charge in [-0.05, 0) is 94.5 Å². The van der Waals surface area contributed by atoms with E-state index in [4.69, 9.17) is 19.7 Å². The molecule has 0 saturated heterocycles. The molecule has 64 heavy (non-hydrogen) atoms. The summed E-state index contributed by atoms with van der Waals surface area (Å²) in [4.78, 5) is 10.8. The summed E-state index contributed by atoms with van der Waals surface area (Å²) in [6, 6.07) is 49.4. The molecule has 7 nitrogen and oxygen atoms in total. The average molecular weight is 830 g/mol. The Balaban J connectivity index is 1.28. The fourth-order valence-corrected chi connectivity index (χ4v) is 8.83. The maximum atomic E-state index is 16.0. The van der Waals surface area contributed by atoms with E-state index in [0.717, 1.165) is 10.8 Å². The molecule has 0 aliphatic heterocycles. The van der Waals surface area contributed by atoms with Crippen LogP contribution in [0.15, 0.2) is 158 Å². The topological polar surface area (TPSA) is 70.5 Å². The highest BCUT2D eigenvalue weighted by atomic mass is 19.4. The first-order chi connectivity index (χ1) is 31.1. The van der Waals surface area contributed by atoms with Crippen molar-refractivity contribution >= 4 is 60.7 Å². The minimum atomic E-state index is -4.84. The van der Waals surface area contributed by atoms with Crippen molar-refractivity contribution in [1.82, 2.24) is 9.13 Å². The number of rotatable bonds is 5. The van der Waals surface area contributed by atoms with Crippen molar-refractivity contribution in [1.29, 1.82) is 10.5 Å². The molecule has 0 saturated carbocycles. The molecule has 10 rings (SSSR count). The Bertz CT molecular complexity index is 3850. The number of halogens is 3. The zero-order valence-electron chi connectivity index (χ0n) is 33.3. The first-order valence-electron chi connectivity index (χ1n) is 19.8. The first-order valence-corrected chi connectivity index (χ1v) is 19.8. The number of nitriles is 2. The Morgan fingerprint density at radius 3 is 1.64 bits per heavy atom. The highest BCUT2D eigenvalue weighted by Gasteiger charge is 2.37. The first kappa shape index (κ1) is 38.8. The van der Waals surface area contributed by atoms with Crippen LogP contribution < -0.4 is 0 Å². The summed E-state index contributed by atoms with van der Waals surface area (Å²) in [7, 11) is 0. The van der Waals surface area contributed by atoms with Crippen LogP contribution >= 0.6 is 0 Å². The van der Waals surface area contributed by atoms with Gasteiger partial charge in [-0.15, -0.1) is 0 Å². The fraction of sp³-hybridized carbons (Fsp3) is 0.0185. The van der Waals surface area contributed by atoms with Crippen molar-refractivity contribution in [2.24, 2.45) is 0 Å². The molecule has 0 N–H and O–H groups in total. The minimum Gasteiger partial charge on any atom is -0.309 e. The SMILES string of the molecule is [C-]#[N+]c1cccc(-c2cc(-n3c4ccccc4c4cc(-c5ccc([N+]#[C-])cc5[N+]#[C-])ccc43)c(C(F)(F)F)cc2-n2c3ccccc3c3cc(-c4ccc(C#N)cc4C#N)ccc32)c1. The predicted molar refractivity (Wildman–Crippen MR) is 245 cm³/mol. The second-order valence-corrected chi connectivity index (χ2v) is 15.1. The van der Waals surface area contributed by atoms with Gasteiger partial charge in [-0.25, -0.2) is 14.5 Å². The van der Waals surface area contributed by atoms with Crippen molar-refractivity contribution in [2.75, 3.05) is 0 Å². The molecule has 298 valence electrons. The second kappa shape index (κ2) is 14.9. The number of aromatic nitrogens is 2. The lowest BCUT2D eigenvalue weighted by atomic mass is 9.96. The number of alkyl halides is 3. The van der Waals surface area contributed by atoms with Gasteiger partial charge in [0, 0.05) is 27.1 Å². The van der Waals surface area contributed by atoms with Crippen LogP contribution in [-0.2, 0) is 6.18 Å². The van der Waals surface area contributed by atoms with Crippen LogP contribution in [0.1, 0.15) is 16.7 Å². The van der Waals surface area contributed by atoms with E-state index >= 15 is 13.2 Å². The van der Waals surface area contributed by atoms with Crippen LogP contribution in [0.3, 0.4) is 0 Å². The van der Waals surface area contributed by atoms with Crippen molar-refractivity contribution < 1.29 is 13.2 Å². The normalized spacial score (nSPS) is 11.3. The number of benzene rings is 8. The van der Waals surface area contributed by atoms with Gasteiger partial charge in [0.15, 0.2) is 17.1 Å². The van der Waals surface area contributed by atoms with Crippen molar-refractivity contribution in [3.05, 3.63) is 209 Å². The summed E-state index contributed by atoms with van der Waals surface area (Å²) in [6.07, 6.45) is -4.84. The Morgan fingerprint density at radius 1 is 0.453 bits per heavy atom. The summed E-state index contributed by atoms with van der Waals surface area (Å²) >= 11 is 0. The quantitative estimate of drug-likeness (QED) is 0.162. The molecule has 0 fully saturated rings. The fourth-order valence-electron chi connectivity index (χ4n) is 8.83. The summed E-state index contributed by atoms with van der Waals surface area (Å²) in [5, 5.41) is 22.4. The van der Waals surface area contributed by atoms with Gasteiger partial charge in [0.25, 0.3) is 0 Å². The molecule has 0 radical (unpaired) electrons. The number of para-hydroxylation sites is 2. The minimum absolute atomic E-state index is 0.116. The third-order valence-electron chi connectivity index (χ3n) is 11.7. The highest BCUT2D eigenvalue weighted by molar-refractivity contribution is 6.13. The van der Waals surface area contributed by atoms with Crippen LogP contribution in [-0.4, -0.2) is 9.13 Å². The van der Waals surface area contributed by atoms with Crippen LogP contribution in [0.5, 0.6) is 0 Å². The molecule has 0 aliphatic carbocycles. The summed E-state index contributed by atoms with van der Waals surface area (Å²) < 4.78 is 51.4. The van der Waals surface area contributed by atoms with E-state index in [1.165, 1.54) is 18.2 Å². The van der Waals surface area contributed by atoms with Crippen LogP contribution in [0.4, 0.5) is 30.2 Å². The maximum Gasteiger partial charge on any atom is 0.418 e. The standard InChI is InChI=1S/C54H26F3N7/c1-60-37-10-8-9-33(24-37)43-28-53(64-49-14-7-5-12-42(49)45-26-35(17-22-51(45)64)40-20-18-38(61-2)27-47(40)62-3)46(54(55,56)57)29-52(43)63-48-13-6-4-11-41(48)44-25-34(16-21-50(44)63)39-19-15-32(30-58)23-36(39)31-59/h4-29H. The second-order valence-electron chi connectivity index (χ2n) is 15.1. The number of fused-ring (bicyclic) bond motifs is 6. The van der Waals surface area contributed by atoms with Gasteiger partial charge in [0.2, 0.25) is 0 Å². The Labute approximate surface area is 364 Å². The third-order valence-corrected chi connectivity index (χ3v) is 11.7. The number of nitrogens with zero attached hydrogens (tertiary/aromatic N) is 7. The zero-order valence-corrected chi connectivity index (χ0v) is 33.3. The van der Waals surface area contributed by atoms with E-state index in [9.17, 15) is 10.5 Å². The smallest absolute Gasteiger partial charge is 0.309 e. The molecule has 0 atom stereocenters. The van der Waals surface area contributed by atoms with Crippen LogP contribution in [0, 0.1) is 42.4 Å². The molecule has 2 aromatic heterocycles. The van der Waals surface area contributed by atoms with E-state index in [0.29, 0.717) is 94.4 Å². The predicted octanol–water partition coefficient (Wildman–Crippen LogP) is 15.3. The highest BCUT2D eigenvalue weighted by Crippen LogP contribution is 2.46. The lowest BCUT2D eigenvalue weighted by Crippen LogP contribution is -2.13. The van der Waals surface area contributed by atoms with Gasteiger partial charge in [0.1, 0.15) is 0 Å². The van der Waals surface area contributed by atoms with E-state index in [1.54, 1.807) is 83.4 Å². The lowest BCUT2D eigenvalue weighted by Gasteiger charge is -2.22. The van der Waals surface area contributed by atoms with Crippen LogP contribution in [0.25, 0.3) is 103 Å². The van der Waals surface area contributed by atoms with Crippen LogP contribution in [0.2, 0.25) is 0 Å². The molecule has 2 heterocycles. The van der Waals surface area contributed by atoms with Gasteiger partial charge in [0.05, 0.1) is 82.0 Å². The van der Waals surface area contributed by atoms with Gasteiger partial charge in [-0.2, -0.15) is 23.7 Å². The summed E-state index contributed by atoms with van der Waals surface area (Å²) in [5.74, 6) is 0. The molecule has 10 heteroatoms. The van der Waals surface area contributed by atoms with Gasteiger partial charge < -0.3 is 9.13 Å². The molecule has 0 aliphatic rings.